The lowest BCUT2D eigenvalue weighted by Crippen LogP contribution is -2.33. The minimum atomic E-state index is -0.484. The number of pyridine rings is 1. The van der Waals surface area contributed by atoms with Gasteiger partial charge < -0.3 is 10.2 Å². The van der Waals surface area contributed by atoms with Gasteiger partial charge in [0.25, 0.3) is 11.8 Å². The van der Waals surface area contributed by atoms with Crippen molar-refractivity contribution in [2.75, 3.05) is 21.7 Å². The van der Waals surface area contributed by atoms with Gasteiger partial charge in [-0.1, -0.05) is 54.6 Å². The Hall–Kier alpha value is -5.15. The van der Waals surface area contributed by atoms with Crippen molar-refractivity contribution in [3.63, 3.8) is 0 Å². The number of benzene rings is 3. The van der Waals surface area contributed by atoms with E-state index in [2.05, 4.69) is 10.3 Å². The number of hydrogen-bond donors (Lipinski definition) is 1. The van der Waals surface area contributed by atoms with Crippen LogP contribution in [-0.4, -0.2) is 29.3 Å². The van der Waals surface area contributed by atoms with Crippen molar-refractivity contribution in [2.45, 2.75) is 19.8 Å². The highest BCUT2D eigenvalue weighted by Crippen LogP contribution is 2.42. The van der Waals surface area contributed by atoms with Crippen LogP contribution in [0.4, 0.5) is 27.3 Å². The van der Waals surface area contributed by atoms with Crippen LogP contribution in [0.5, 0.6) is 0 Å². The molecule has 0 saturated heterocycles. The summed E-state index contributed by atoms with van der Waals surface area (Å²) in [7, 11) is 0. The van der Waals surface area contributed by atoms with E-state index < -0.39 is 5.82 Å². The van der Waals surface area contributed by atoms with Gasteiger partial charge in [0.05, 0.1) is 28.4 Å². The standard InChI is InChI=1S/C34H25FN4O3S/c1-20-8-6-11-24(35)31(20)37-33(41)28-18-22-16-17-38(27-14-5-3-10-23(27)32(22)43-28)34(42)25-12-7-15-29(36-25)39-26-13-4-2-9-21(26)19-30(39)40/h2-15,18H,16-17,19H2,1H3,(H,37,41). The number of para-hydroxylation sites is 3. The topological polar surface area (TPSA) is 82.6 Å². The first-order valence-electron chi connectivity index (χ1n) is 13.9. The largest absolute Gasteiger partial charge is 0.319 e. The summed E-state index contributed by atoms with van der Waals surface area (Å²) in [5.41, 5.74) is 5.22. The lowest BCUT2D eigenvalue weighted by atomic mass is 10.1. The van der Waals surface area contributed by atoms with Crippen molar-refractivity contribution in [3.8, 4) is 10.4 Å². The first-order chi connectivity index (χ1) is 20.9. The van der Waals surface area contributed by atoms with Gasteiger partial charge in [-0.25, -0.2) is 9.37 Å². The number of halogens is 1. The van der Waals surface area contributed by atoms with Crippen molar-refractivity contribution in [2.24, 2.45) is 0 Å². The Morgan fingerprint density at radius 3 is 2.51 bits per heavy atom. The number of anilines is 4. The summed E-state index contributed by atoms with van der Waals surface area (Å²) in [6.07, 6.45) is 0.799. The van der Waals surface area contributed by atoms with Crippen LogP contribution < -0.4 is 15.1 Å². The number of hydrogen-bond acceptors (Lipinski definition) is 5. The molecule has 0 radical (unpaired) electrons. The second-order valence-corrected chi connectivity index (χ2v) is 11.5. The molecule has 2 aliphatic heterocycles. The monoisotopic (exact) mass is 588 g/mol. The van der Waals surface area contributed by atoms with Crippen molar-refractivity contribution in [1.29, 1.82) is 0 Å². The predicted molar refractivity (Wildman–Crippen MR) is 166 cm³/mol. The fourth-order valence-electron chi connectivity index (χ4n) is 5.70. The summed E-state index contributed by atoms with van der Waals surface area (Å²) in [5.74, 6) is -0.827. The molecule has 2 aliphatic rings. The maximum Gasteiger partial charge on any atom is 0.276 e. The third kappa shape index (κ3) is 4.67. The van der Waals surface area contributed by atoms with Crippen molar-refractivity contribution in [1.82, 2.24) is 4.98 Å². The molecule has 3 amide bonds. The Morgan fingerprint density at radius 1 is 0.907 bits per heavy atom. The predicted octanol–water partition coefficient (Wildman–Crippen LogP) is 6.93. The molecule has 0 unspecified atom stereocenters. The van der Waals surface area contributed by atoms with Crippen molar-refractivity contribution < 1.29 is 18.8 Å². The second-order valence-electron chi connectivity index (χ2n) is 10.5. The van der Waals surface area contributed by atoms with Crippen molar-refractivity contribution in [3.05, 3.63) is 124 Å². The number of aryl methyl sites for hydroxylation is 1. The molecule has 7 rings (SSSR count). The molecule has 212 valence electrons. The molecule has 0 atom stereocenters. The molecule has 0 spiro atoms. The SMILES string of the molecule is Cc1cccc(F)c1NC(=O)c1cc2c(s1)-c1ccccc1N(C(=O)c1cccc(N3C(=O)Cc4ccccc43)n1)CC2. The molecule has 0 saturated carbocycles. The smallest absolute Gasteiger partial charge is 0.276 e. The van der Waals surface area contributed by atoms with Crippen molar-refractivity contribution >= 4 is 51.9 Å². The van der Waals surface area contributed by atoms with Crippen LogP contribution >= 0.6 is 11.3 Å². The molecule has 0 fully saturated rings. The number of thiophene rings is 1. The highest BCUT2D eigenvalue weighted by Gasteiger charge is 2.31. The third-order valence-electron chi connectivity index (χ3n) is 7.79. The van der Waals surface area contributed by atoms with E-state index in [1.807, 2.05) is 54.6 Å². The Labute approximate surface area is 251 Å². The molecular formula is C34H25FN4O3S. The van der Waals surface area contributed by atoms with Crippen LogP contribution in [-0.2, 0) is 17.6 Å². The van der Waals surface area contributed by atoms with Gasteiger partial charge in [0.15, 0.2) is 0 Å². The molecule has 7 nitrogen and oxygen atoms in total. The summed E-state index contributed by atoms with van der Waals surface area (Å²) in [6.45, 7) is 2.11. The first-order valence-corrected chi connectivity index (χ1v) is 14.7. The molecule has 0 aliphatic carbocycles. The van der Waals surface area contributed by atoms with E-state index in [0.29, 0.717) is 34.9 Å². The van der Waals surface area contributed by atoms with Gasteiger partial charge in [-0.3, -0.25) is 19.3 Å². The van der Waals surface area contributed by atoms with E-state index in [4.69, 9.17) is 0 Å². The van der Waals surface area contributed by atoms with Gasteiger partial charge in [0, 0.05) is 17.0 Å². The Kier molecular flexibility index (Phi) is 6.59. The van der Waals surface area contributed by atoms with Crippen LogP contribution in [0, 0.1) is 12.7 Å². The fourth-order valence-corrected chi connectivity index (χ4v) is 6.83. The maximum absolute atomic E-state index is 14.4. The number of rotatable bonds is 4. The van der Waals surface area contributed by atoms with Crippen LogP contribution in [0.3, 0.4) is 0 Å². The Morgan fingerprint density at radius 2 is 1.67 bits per heavy atom. The second kappa shape index (κ2) is 10.6. The molecule has 43 heavy (non-hydrogen) atoms. The van der Waals surface area contributed by atoms with Gasteiger partial charge in [-0.05, 0) is 66.4 Å². The summed E-state index contributed by atoms with van der Waals surface area (Å²) >= 11 is 1.32. The van der Waals surface area contributed by atoms with Crippen LogP contribution in [0.15, 0.2) is 91.0 Å². The molecule has 5 aromatic rings. The summed E-state index contributed by atoms with van der Waals surface area (Å²) in [6, 6.07) is 26.8. The Balaban J connectivity index is 1.19. The number of nitrogens with one attached hydrogen (secondary N) is 1. The maximum atomic E-state index is 14.4. The molecule has 4 heterocycles. The lowest BCUT2D eigenvalue weighted by Gasteiger charge is -2.23. The quantitative estimate of drug-likeness (QED) is 0.247. The summed E-state index contributed by atoms with van der Waals surface area (Å²) in [5, 5.41) is 2.73. The van der Waals surface area contributed by atoms with Gasteiger partial charge in [0.2, 0.25) is 5.91 Å². The molecule has 1 N–H and O–H groups in total. The number of carbonyl (C=O) groups is 3. The first kappa shape index (κ1) is 26.7. The number of fused-ring (bicyclic) bond motifs is 4. The zero-order valence-corrected chi connectivity index (χ0v) is 24.0. The summed E-state index contributed by atoms with van der Waals surface area (Å²) < 4.78 is 14.4. The summed E-state index contributed by atoms with van der Waals surface area (Å²) in [4.78, 5) is 49.3. The lowest BCUT2D eigenvalue weighted by molar-refractivity contribution is -0.116. The van der Waals surface area contributed by atoms with E-state index in [1.54, 1.807) is 47.1 Å². The third-order valence-corrected chi connectivity index (χ3v) is 9.00. The van der Waals surface area contributed by atoms with E-state index in [-0.39, 0.29) is 35.5 Å². The molecule has 3 aromatic carbocycles. The van der Waals surface area contributed by atoms with E-state index in [0.717, 1.165) is 27.3 Å². The zero-order chi connectivity index (χ0) is 29.7. The number of amides is 3. The van der Waals surface area contributed by atoms with E-state index in [1.165, 1.54) is 17.4 Å². The number of nitrogens with zero attached hydrogens (tertiary/aromatic N) is 3. The van der Waals surface area contributed by atoms with Gasteiger partial charge in [0.1, 0.15) is 17.3 Å². The highest BCUT2D eigenvalue weighted by atomic mass is 32.1. The average Bonchev–Trinajstić information content (AvgIpc) is 3.55. The number of carbonyl (C=O) groups excluding carboxylic acids is 3. The number of aromatic nitrogens is 1. The molecule has 2 aromatic heterocycles. The van der Waals surface area contributed by atoms with Gasteiger partial charge >= 0.3 is 0 Å². The normalized spacial score (nSPS) is 13.7. The van der Waals surface area contributed by atoms with E-state index >= 15 is 0 Å². The van der Waals surface area contributed by atoms with Crippen LogP contribution in [0.25, 0.3) is 10.4 Å². The zero-order valence-electron chi connectivity index (χ0n) is 23.1. The van der Waals surface area contributed by atoms with Crippen LogP contribution in [0.1, 0.15) is 36.9 Å². The minimum Gasteiger partial charge on any atom is -0.319 e. The fraction of sp³-hybridized carbons (Fsp3) is 0.118. The van der Waals surface area contributed by atoms with E-state index in [9.17, 15) is 18.8 Å². The highest BCUT2D eigenvalue weighted by molar-refractivity contribution is 7.17. The Bertz CT molecular complexity index is 1930. The molecule has 0 bridgehead atoms. The van der Waals surface area contributed by atoms with Gasteiger partial charge in [-0.15, -0.1) is 11.3 Å². The average molecular weight is 589 g/mol. The van der Waals surface area contributed by atoms with Crippen LogP contribution in [0.2, 0.25) is 0 Å². The molecular weight excluding hydrogens is 563 g/mol. The van der Waals surface area contributed by atoms with Gasteiger partial charge in [-0.2, -0.15) is 0 Å². The molecule has 9 heteroatoms. The minimum absolute atomic E-state index is 0.0899.